The fourth-order valence-electron chi connectivity index (χ4n) is 3.31. The third-order valence-corrected chi connectivity index (χ3v) is 5.11. The van der Waals surface area contributed by atoms with Crippen molar-refractivity contribution in [3.63, 3.8) is 0 Å². The first-order chi connectivity index (χ1) is 10.9. The van der Waals surface area contributed by atoms with Gasteiger partial charge < -0.3 is 10.6 Å². The summed E-state index contributed by atoms with van der Waals surface area (Å²) in [4.78, 5) is 16.9. The molecule has 2 atom stereocenters. The molecule has 0 bridgehead atoms. The quantitative estimate of drug-likeness (QED) is 0.859. The van der Waals surface area contributed by atoms with Crippen molar-refractivity contribution in [3.05, 3.63) is 34.9 Å². The van der Waals surface area contributed by atoms with Gasteiger partial charge in [0.25, 0.3) is 0 Å². The summed E-state index contributed by atoms with van der Waals surface area (Å²) < 4.78 is 0. The predicted octanol–water partition coefficient (Wildman–Crippen LogP) is 3.48. The lowest BCUT2D eigenvalue weighted by Gasteiger charge is -2.41. The van der Waals surface area contributed by atoms with Crippen LogP contribution in [0.4, 0.5) is 0 Å². The molecule has 0 aromatic heterocycles. The molecule has 0 radical (unpaired) electrons. The van der Waals surface area contributed by atoms with E-state index < -0.39 is 5.54 Å². The van der Waals surface area contributed by atoms with Crippen LogP contribution in [-0.4, -0.2) is 47.4 Å². The van der Waals surface area contributed by atoms with E-state index in [1.165, 1.54) is 0 Å². The van der Waals surface area contributed by atoms with Crippen molar-refractivity contribution in [2.75, 3.05) is 26.2 Å². The van der Waals surface area contributed by atoms with E-state index in [4.69, 9.17) is 17.3 Å². The molecule has 1 heterocycles. The maximum atomic E-state index is 12.6. The van der Waals surface area contributed by atoms with Crippen LogP contribution in [0.25, 0.3) is 0 Å². The van der Waals surface area contributed by atoms with Crippen LogP contribution < -0.4 is 5.73 Å². The largest absolute Gasteiger partial charge is 0.339 e. The summed E-state index contributed by atoms with van der Waals surface area (Å²) in [5.74, 6) is 0.0735. The van der Waals surface area contributed by atoms with Gasteiger partial charge in [-0.15, -0.1) is 12.4 Å². The molecule has 2 unspecified atom stereocenters. The molecular formula is C18H29Cl2N3O. The Bertz CT molecular complexity index is 543. The summed E-state index contributed by atoms with van der Waals surface area (Å²) in [5.41, 5.74) is 6.58. The Kier molecular flexibility index (Phi) is 8.00. The van der Waals surface area contributed by atoms with Crippen LogP contribution in [0.1, 0.15) is 45.2 Å². The van der Waals surface area contributed by atoms with Crippen LogP contribution in [0.15, 0.2) is 24.3 Å². The lowest BCUT2D eigenvalue weighted by Crippen LogP contribution is -2.58. The predicted molar refractivity (Wildman–Crippen MR) is 103 cm³/mol. The van der Waals surface area contributed by atoms with E-state index in [9.17, 15) is 4.79 Å². The summed E-state index contributed by atoms with van der Waals surface area (Å²) in [7, 11) is 0. The highest BCUT2D eigenvalue weighted by molar-refractivity contribution is 6.31. The van der Waals surface area contributed by atoms with E-state index in [-0.39, 0.29) is 24.4 Å². The Labute approximate surface area is 156 Å². The second-order valence-corrected chi connectivity index (χ2v) is 7.10. The molecule has 1 aromatic rings. The van der Waals surface area contributed by atoms with Crippen molar-refractivity contribution in [2.45, 2.75) is 45.2 Å². The topological polar surface area (TPSA) is 49.6 Å². The molecule has 24 heavy (non-hydrogen) atoms. The number of carbonyl (C=O) groups excluding carboxylic acids is 1. The zero-order valence-electron chi connectivity index (χ0n) is 14.8. The van der Waals surface area contributed by atoms with Gasteiger partial charge in [-0.25, -0.2) is 0 Å². The van der Waals surface area contributed by atoms with Gasteiger partial charge in [-0.2, -0.15) is 0 Å². The number of rotatable bonds is 5. The van der Waals surface area contributed by atoms with Gasteiger partial charge >= 0.3 is 0 Å². The minimum Gasteiger partial charge on any atom is -0.339 e. The highest BCUT2D eigenvalue weighted by Gasteiger charge is 2.34. The van der Waals surface area contributed by atoms with Gasteiger partial charge in [0.1, 0.15) is 0 Å². The van der Waals surface area contributed by atoms with Gasteiger partial charge in [-0.05, 0) is 31.9 Å². The zero-order chi connectivity index (χ0) is 17.0. The number of nitrogens with two attached hydrogens (primary N) is 1. The number of hydrogen-bond acceptors (Lipinski definition) is 3. The van der Waals surface area contributed by atoms with Crippen LogP contribution in [0.5, 0.6) is 0 Å². The molecule has 6 heteroatoms. The molecule has 0 saturated carbocycles. The van der Waals surface area contributed by atoms with Crippen LogP contribution in [0.2, 0.25) is 5.02 Å². The Balaban J connectivity index is 0.00000288. The van der Waals surface area contributed by atoms with Crippen molar-refractivity contribution in [2.24, 2.45) is 5.73 Å². The van der Waals surface area contributed by atoms with Crippen molar-refractivity contribution >= 4 is 29.9 Å². The first-order valence-electron chi connectivity index (χ1n) is 8.43. The number of carbonyl (C=O) groups is 1. The van der Waals surface area contributed by atoms with Gasteiger partial charge in [-0.1, -0.05) is 43.1 Å². The van der Waals surface area contributed by atoms with Gasteiger partial charge in [0, 0.05) is 37.2 Å². The number of halogens is 2. The molecule has 1 fully saturated rings. The lowest BCUT2D eigenvalue weighted by atomic mass is 9.95. The van der Waals surface area contributed by atoms with E-state index in [1.54, 1.807) is 0 Å². The van der Waals surface area contributed by atoms with Crippen LogP contribution in [0, 0.1) is 0 Å². The summed E-state index contributed by atoms with van der Waals surface area (Å²) in [6, 6.07) is 8.22. The van der Waals surface area contributed by atoms with E-state index in [1.807, 2.05) is 30.0 Å². The van der Waals surface area contributed by atoms with Crippen molar-refractivity contribution in [1.82, 2.24) is 9.80 Å². The molecule has 0 aliphatic carbocycles. The summed E-state index contributed by atoms with van der Waals surface area (Å²) in [6.07, 6.45) is 1.64. The van der Waals surface area contributed by atoms with Crippen molar-refractivity contribution in [3.8, 4) is 0 Å². The molecule has 136 valence electrons. The molecule has 1 amide bonds. The fourth-order valence-corrected chi connectivity index (χ4v) is 3.60. The van der Waals surface area contributed by atoms with Gasteiger partial charge in [0.2, 0.25) is 5.91 Å². The smallest absolute Gasteiger partial charge is 0.242 e. The van der Waals surface area contributed by atoms with Gasteiger partial charge in [0.05, 0.1) is 5.54 Å². The Morgan fingerprint density at radius 3 is 2.42 bits per heavy atom. The first-order valence-corrected chi connectivity index (χ1v) is 8.81. The SMILES string of the molecule is CCCC(C)(N)C(=O)N1CCN(C(C)c2ccccc2Cl)CC1.Cl. The minimum atomic E-state index is -0.745. The Morgan fingerprint density at radius 2 is 1.88 bits per heavy atom. The molecule has 1 aliphatic rings. The standard InChI is InChI=1S/C18H28ClN3O.ClH/c1-4-9-18(3,20)17(23)22-12-10-21(11-13-22)14(2)15-7-5-6-8-16(15)19;/h5-8,14H,4,9-13,20H2,1-3H3;1H. The van der Waals surface area contributed by atoms with Gasteiger partial charge in [-0.3, -0.25) is 9.69 Å². The van der Waals surface area contributed by atoms with Crippen molar-refractivity contribution < 1.29 is 4.79 Å². The van der Waals surface area contributed by atoms with E-state index in [2.05, 4.69) is 24.8 Å². The second kappa shape index (κ2) is 9.04. The zero-order valence-corrected chi connectivity index (χ0v) is 16.4. The van der Waals surface area contributed by atoms with Crippen molar-refractivity contribution in [1.29, 1.82) is 0 Å². The average molecular weight is 374 g/mol. The second-order valence-electron chi connectivity index (χ2n) is 6.69. The molecular weight excluding hydrogens is 345 g/mol. The summed E-state index contributed by atoms with van der Waals surface area (Å²) >= 11 is 6.30. The Hall–Kier alpha value is -0.810. The number of benzene rings is 1. The minimum absolute atomic E-state index is 0. The van der Waals surface area contributed by atoms with Crippen LogP contribution in [-0.2, 0) is 4.79 Å². The van der Waals surface area contributed by atoms with E-state index in [0.717, 1.165) is 49.6 Å². The molecule has 1 saturated heterocycles. The molecule has 2 N–H and O–H groups in total. The Morgan fingerprint density at radius 1 is 1.29 bits per heavy atom. The number of nitrogens with zero attached hydrogens (tertiary/aromatic N) is 2. The third-order valence-electron chi connectivity index (χ3n) is 4.76. The first kappa shape index (κ1) is 21.2. The maximum absolute atomic E-state index is 12.6. The summed E-state index contributed by atoms with van der Waals surface area (Å²) in [6.45, 7) is 9.22. The molecule has 0 spiro atoms. The van der Waals surface area contributed by atoms with Crippen LogP contribution >= 0.6 is 24.0 Å². The molecule has 1 aromatic carbocycles. The monoisotopic (exact) mass is 373 g/mol. The molecule has 1 aliphatic heterocycles. The lowest BCUT2D eigenvalue weighted by molar-refractivity contribution is -0.138. The maximum Gasteiger partial charge on any atom is 0.242 e. The highest BCUT2D eigenvalue weighted by atomic mass is 35.5. The highest BCUT2D eigenvalue weighted by Crippen LogP contribution is 2.28. The van der Waals surface area contributed by atoms with E-state index in [0.29, 0.717) is 0 Å². The summed E-state index contributed by atoms with van der Waals surface area (Å²) in [5, 5.41) is 0.802. The van der Waals surface area contributed by atoms with Crippen LogP contribution in [0.3, 0.4) is 0 Å². The van der Waals surface area contributed by atoms with Gasteiger partial charge in [0.15, 0.2) is 0 Å². The third kappa shape index (κ3) is 4.85. The number of amides is 1. The van der Waals surface area contributed by atoms with E-state index >= 15 is 0 Å². The fraction of sp³-hybridized carbons (Fsp3) is 0.611. The number of hydrogen-bond donors (Lipinski definition) is 1. The molecule has 2 rings (SSSR count). The number of piperazine rings is 1. The average Bonchev–Trinajstić information content (AvgIpc) is 2.54. The normalized spacial score (nSPS) is 19.3. The molecule has 4 nitrogen and oxygen atoms in total.